The van der Waals surface area contributed by atoms with Crippen molar-refractivity contribution in [1.29, 1.82) is 0 Å². The van der Waals surface area contributed by atoms with Crippen LogP contribution in [0.15, 0.2) is 11.1 Å². The molecule has 0 spiro atoms. The summed E-state index contributed by atoms with van der Waals surface area (Å²) in [5, 5.41) is 3.21. The lowest BCUT2D eigenvalue weighted by atomic mass is 10.1. The molecule has 6 heteroatoms. The molecule has 5 nitrogen and oxygen atoms in total. The zero-order valence-corrected chi connectivity index (χ0v) is 10.9. The Balaban J connectivity index is 2.08. The first-order valence-electron chi connectivity index (χ1n) is 5.64. The molecule has 1 saturated heterocycles. The smallest absolute Gasteiger partial charge is 0.295 e. The highest BCUT2D eigenvalue weighted by Crippen LogP contribution is 2.37. The number of thioether (sulfide) groups is 1. The number of ether oxygens (including phenoxy) is 1. The lowest BCUT2D eigenvalue weighted by Crippen LogP contribution is -2.28. The third-order valence-corrected chi connectivity index (χ3v) is 4.48. The van der Waals surface area contributed by atoms with E-state index in [4.69, 9.17) is 4.74 Å². The predicted molar refractivity (Wildman–Crippen MR) is 70.0 cm³/mol. The van der Waals surface area contributed by atoms with Gasteiger partial charge in [-0.15, -0.1) is 0 Å². The lowest BCUT2D eigenvalue weighted by molar-refractivity contribution is 0.407. The number of hydrogen-bond donors (Lipinski definition) is 2. The van der Waals surface area contributed by atoms with E-state index in [1.807, 2.05) is 11.8 Å². The number of anilines is 1. The van der Waals surface area contributed by atoms with Crippen LogP contribution in [0.4, 0.5) is 5.82 Å². The second-order valence-electron chi connectivity index (χ2n) is 4.37. The fourth-order valence-corrected chi connectivity index (χ4v) is 3.19. The quantitative estimate of drug-likeness (QED) is 0.853. The number of aromatic amines is 1. The molecular formula is C11H17N3O2S. The van der Waals surface area contributed by atoms with Gasteiger partial charge in [0.1, 0.15) is 0 Å². The molecule has 0 aromatic carbocycles. The van der Waals surface area contributed by atoms with E-state index in [-0.39, 0.29) is 16.1 Å². The van der Waals surface area contributed by atoms with Gasteiger partial charge in [-0.05, 0) is 25.5 Å². The average molecular weight is 255 g/mol. The summed E-state index contributed by atoms with van der Waals surface area (Å²) in [6.45, 7) is 3.03. The number of rotatable bonds is 4. The summed E-state index contributed by atoms with van der Waals surface area (Å²) in [4.78, 5) is 18.1. The molecule has 2 N–H and O–H groups in total. The molecule has 1 fully saturated rings. The first-order chi connectivity index (χ1) is 8.14. The Hall–Kier alpha value is -1.17. The zero-order chi connectivity index (χ0) is 12.3. The van der Waals surface area contributed by atoms with E-state index in [2.05, 4.69) is 22.2 Å². The van der Waals surface area contributed by atoms with Crippen LogP contribution in [0, 0.1) is 0 Å². The third-order valence-electron chi connectivity index (χ3n) is 2.94. The van der Waals surface area contributed by atoms with Crippen molar-refractivity contribution >= 4 is 17.6 Å². The van der Waals surface area contributed by atoms with Gasteiger partial charge in [0.15, 0.2) is 5.82 Å². The summed E-state index contributed by atoms with van der Waals surface area (Å²) >= 11 is 1.96. The highest BCUT2D eigenvalue weighted by molar-refractivity contribution is 8.00. The molecule has 94 valence electrons. The topological polar surface area (TPSA) is 67.0 Å². The number of H-pyrrole nitrogens is 1. The van der Waals surface area contributed by atoms with Crippen molar-refractivity contribution in [1.82, 2.24) is 9.97 Å². The molecule has 2 heterocycles. The Morgan fingerprint density at radius 2 is 2.53 bits per heavy atom. The minimum atomic E-state index is -0.255. The van der Waals surface area contributed by atoms with Crippen molar-refractivity contribution in [3.8, 4) is 5.75 Å². The molecule has 1 atom stereocenters. The van der Waals surface area contributed by atoms with Gasteiger partial charge in [0.25, 0.3) is 5.56 Å². The van der Waals surface area contributed by atoms with Crippen molar-refractivity contribution < 1.29 is 4.74 Å². The summed E-state index contributed by atoms with van der Waals surface area (Å²) in [5.74, 6) is 1.97. The van der Waals surface area contributed by atoms with Crippen molar-refractivity contribution in [2.75, 3.05) is 24.7 Å². The van der Waals surface area contributed by atoms with Crippen LogP contribution in [0.3, 0.4) is 0 Å². The van der Waals surface area contributed by atoms with Crippen LogP contribution in [0.2, 0.25) is 0 Å². The summed E-state index contributed by atoms with van der Waals surface area (Å²) in [5.41, 5.74) is -0.255. The van der Waals surface area contributed by atoms with Crippen LogP contribution >= 0.6 is 11.8 Å². The summed E-state index contributed by atoms with van der Waals surface area (Å²) < 4.78 is 5.28. The van der Waals surface area contributed by atoms with Crippen molar-refractivity contribution in [2.45, 2.75) is 24.5 Å². The summed E-state index contributed by atoms with van der Waals surface area (Å²) in [6.07, 6.45) is 3.83. The minimum Gasteiger partial charge on any atom is -0.489 e. The molecular weight excluding hydrogens is 238 g/mol. The van der Waals surface area contributed by atoms with E-state index in [0.717, 1.165) is 6.54 Å². The largest absolute Gasteiger partial charge is 0.489 e. The highest BCUT2D eigenvalue weighted by atomic mass is 32.2. The third kappa shape index (κ3) is 2.74. The Labute approximate surface area is 104 Å². The highest BCUT2D eigenvalue weighted by Gasteiger charge is 2.29. The molecule has 1 aliphatic heterocycles. The number of hydrogen-bond acceptors (Lipinski definition) is 5. The van der Waals surface area contributed by atoms with Crippen LogP contribution in [0.25, 0.3) is 0 Å². The molecule has 2 rings (SSSR count). The van der Waals surface area contributed by atoms with Crippen molar-refractivity contribution in [3.63, 3.8) is 0 Å². The normalized spacial score (nSPS) is 23.6. The van der Waals surface area contributed by atoms with Gasteiger partial charge in [-0.1, -0.05) is 0 Å². The maximum Gasteiger partial charge on any atom is 0.295 e. The molecule has 0 aliphatic carbocycles. The molecule has 0 radical (unpaired) electrons. The average Bonchev–Trinajstić information content (AvgIpc) is 2.74. The van der Waals surface area contributed by atoms with E-state index in [1.165, 1.54) is 32.0 Å². The fourth-order valence-electron chi connectivity index (χ4n) is 1.95. The van der Waals surface area contributed by atoms with Crippen LogP contribution in [-0.2, 0) is 0 Å². The minimum absolute atomic E-state index is 0.231. The maximum absolute atomic E-state index is 11.5. The molecule has 1 aromatic heterocycles. The molecule has 0 amide bonds. The van der Waals surface area contributed by atoms with Crippen molar-refractivity contribution in [2.24, 2.45) is 0 Å². The molecule has 0 saturated carbocycles. The van der Waals surface area contributed by atoms with Gasteiger partial charge in [0, 0.05) is 11.3 Å². The number of nitrogens with zero attached hydrogens (tertiary/aromatic N) is 1. The van der Waals surface area contributed by atoms with Gasteiger partial charge in [0.05, 0.1) is 13.4 Å². The van der Waals surface area contributed by atoms with Gasteiger partial charge < -0.3 is 15.0 Å². The molecule has 1 aromatic rings. The number of methoxy groups -OCH3 is 1. The van der Waals surface area contributed by atoms with Gasteiger partial charge in [-0.3, -0.25) is 4.79 Å². The number of aromatic nitrogens is 2. The Morgan fingerprint density at radius 1 is 1.71 bits per heavy atom. The van der Waals surface area contributed by atoms with Gasteiger partial charge in [-0.25, -0.2) is 4.98 Å². The first-order valence-corrected chi connectivity index (χ1v) is 6.63. The van der Waals surface area contributed by atoms with Crippen LogP contribution in [-0.4, -0.2) is 34.1 Å². The molecule has 1 unspecified atom stereocenters. The standard InChI is InChI=1S/C11H17N3O2S/c1-11(4-3-5-17-11)6-12-9-8(16-2)10(15)14-7-13-9/h7H,3-6H2,1-2H3,(H2,12,13,14,15). The molecule has 0 bridgehead atoms. The van der Waals surface area contributed by atoms with Gasteiger partial charge >= 0.3 is 0 Å². The fraction of sp³-hybridized carbons (Fsp3) is 0.636. The van der Waals surface area contributed by atoms with E-state index >= 15 is 0 Å². The van der Waals surface area contributed by atoms with E-state index in [9.17, 15) is 4.79 Å². The second-order valence-corrected chi connectivity index (χ2v) is 6.05. The SMILES string of the molecule is COc1c(NCC2(C)CCCS2)nc[nH]c1=O. The Morgan fingerprint density at radius 3 is 3.18 bits per heavy atom. The van der Waals surface area contributed by atoms with Gasteiger partial charge in [-0.2, -0.15) is 11.8 Å². The van der Waals surface area contributed by atoms with Crippen LogP contribution < -0.4 is 15.6 Å². The van der Waals surface area contributed by atoms with Crippen LogP contribution in [0.5, 0.6) is 5.75 Å². The summed E-state index contributed by atoms with van der Waals surface area (Å²) in [6, 6.07) is 0. The number of nitrogens with one attached hydrogen (secondary N) is 2. The zero-order valence-electron chi connectivity index (χ0n) is 10.1. The Kier molecular flexibility index (Phi) is 3.61. The summed E-state index contributed by atoms with van der Waals surface area (Å²) in [7, 11) is 1.48. The molecule has 17 heavy (non-hydrogen) atoms. The van der Waals surface area contributed by atoms with E-state index in [1.54, 1.807) is 0 Å². The Bertz CT molecular complexity index is 441. The van der Waals surface area contributed by atoms with E-state index in [0.29, 0.717) is 5.82 Å². The monoisotopic (exact) mass is 255 g/mol. The molecule has 1 aliphatic rings. The van der Waals surface area contributed by atoms with Crippen LogP contribution in [0.1, 0.15) is 19.8 Å². The first kappa shape index (κ1) is 12.3. The predicted octanol–water partition coefficient (Wildman–Crippen LogP) is 1.48. The maximum atomic E-state index is 11.5. The van der Waals surface area contributed by atoms with Gasteiger partial charge in [0.2, 0.25) is 5.75 Å². The van der Waals surface area contributed by atoms with E-state index < -0.39 is 0 Å². The lowest BCUT2D eigenvalue weighted by Gasteiger charge is -2.23. The van der Waals surface area contributed by atoms with Crippen molar-refractivity contribution in [3.05, 3.63) is 16.7 Å². The second kappa shape index (κ2) is 5.00.